The van der Waals surface area contributed by atoms with E-state index in [-0.39, 0.29) is 12.6 Å². The minimum atomic E-state index is -0.608. The van der Waals surface area contributed by atoms with Crippen LogP contribution in [0.25, 0.3) is 0 Å². The average molecular weight is 634 g/mol. The van der Waals surface area contributed by atoms with E-state index >= 15 is 0 Å². The number of rotatable bonds is 25. The molecule has 0 fully saturated rings. The summed E-state index contributed by atoms with van der Waals surface area (Å²) in [7, 11) is 0. The summed E-state index contributed by atoms with van der Waals surface area (Å²) in [6.07, 6.45) is 20.0. The number of benzene rings is 4. The summed E-state index contributed by atoms with van der Waals surface area (Å²) in [6.45, 7) is 1.21. The molecule has 0 unspecified atom stereocenters. The molecule has 252 valence electrons. The van der Waals surface area contributed by atoms with Gasteiger partial charge in [0.05, 0.1) is 24.8 Å². The van der Waals surface area contributed by atoms with Gasteiger partial charge in [-0.2, -0.15) is 0 Å². The van der Waals surface area contributed by atoms with Crippen molar-refractivity contribution in [2.24, 2.45) is 0 Å². The highest BCUT2D eigenvalue weighted by molar-refractivity contribution is 5.49. The lowest BCUT2D eigenvalue weighted by atomic mass is 9.76. The summed E-state index contributed by atoms with van der Waals surface area (Å²) in [5.74, 6) is 0. The van der Waals surface area contributed by atoms with Gasteiger partial charge in [-0.15, -0.1) is 0 Å². The van der Waals surface area contributed by atoms with Gasteiger partial charge in [0.1, 0.15) is 0 Å². The first-order valence-corrected chi connectivity index (χ1v) is 18.5. The average Bonchev–Trinajstić information content (AvgIpc) is 3.14. The van der Waals surface area contributed by atoms with Crippen molar-refractivity contribution in [2.75, 3.05) is 19.8 Å². The van der Waals surface area contributed by atoms with E-state index in [0.29, 0.717) is 6.61 Å². The topological polar surface area (TPSA) is 41.5 Å². The largest absolute Gasteiger partial charge is 0.395 e. The fourth-order valence-corrected chi connectivity index (χ4v) is 6.79. The Labute approximate surface area is 285 Å². The van der Waals surface area contributed by atoms with Crippen LogP contribution in [0.1, 0.15) is 112 Å². The Balaban J connectivity index is 1.07. The van der Waals surface area contributed by atoms with Gasteiger partial charge >= 0.3 is 0 Å². The molecule has 0 amide bonds. The maximum Gasteiger partial charge on any atom is 0.0951 e. The molecule has 0 aromatic heterocycles. The van der Waals surface area contributed by atoms with Gasteiger partial charge in [-0.25, -0.2) is 0 Å². The van der Waals surface area contributed by atoms with Crippen molar-refractivity contribution < 1.29 is 9.84 Å². The monoisotopic (exact) mass is 633 g/mol. The van der Waals surface area contributed by atoms with Crippen LogP contribution in [-0.2, 0) is 16.7 Å². The van der Waals surface area contributed by atoms with E-state index in [1.54, 1.807) is 0 Å². The normalized spacial score (nSPS) is 12.3. The highest BCUT2D eigenvalue weighted by Gasteiger charge is 2.37. The molecule has 0 saturated carbocycles. The molecule has 0 heterocycles. The second kappa shape index (κ2) is 22.4. The lowest BCUT2D eigenvalue weighted by Gasteiger charge is -2.39. The molecule has 0 bridgehead atoms. The molecule has 2 N–H and O–H groups in total. The quantitative estimate of drug-likeness (QED) is 0.0564. The molecule has 3 nitrogen and oxygen atoms in total. The zero-order chi connectivity index (χ0) is 32.7. The molecule has 3 heteroatoms. The van der Waals surface area contributed by atoms with E-state index < -0.39 is 5.54 Å². The molecular weight excluding hydrogens is 574 g/mol. The first-order valence-electron chi connectivity index (χ1n) is 18.5. The molecule has 0 spiro atoms. The van der Waals surface area contributed by atoms with Crippen molar-refractivity contribution in [1.29, 1.82) is 0 Å². The van der Waals surface area contributed by atoms with Crippen LogP contribution in [0.4, 0.5) is 0 Å². The molecule has 0 aliphatic heterocycles. The Kier molecular flexibility index (Phi) is 17.4. The molecule has 0 radical (unpaired) electrons. The fraction of sp³-hybridized carbons (Fsp3) is 0.455. The Morgan fingerprint density at radius 1 is 0.468 bits per heavy atom. The maximum atomic E-state index is 10.5. The number of nitrogens with one attached hydrogen (secondary N) is 1. The maximum absolute atomic E-state index is 10.5. The number of hydrogen-bond donors (Lipinski definition) is 2. The van der Waals surface area contributed by atoms with Crippen molar-refractivity contribution in [3.8, 4) is 0 Å². The van der Waals surface area contributed by atoms with Crippen molar-refractivity contribution in [2.45, 2.75) is 108 Å². The predicted molar refractivity (Wildman–Crippen MR) is 199 cm³/mol. The number of aryl methyl sites for hydroxylation is 1. The summed E-state index contributed by atoms with van der Waals surface area (Å²) < 4.78 is 6.15. The van der Waals surface area contributed by atoms with Crippen molar-refractivity contribution in [3.63, 3.8) is 0 Å². The molecule has 0 aliphatic rings. The number of aliphatic hydroxyl groups is 1. The molecular formula is C44H59NO2. The summed E-state index contributed by atoms with van der Waals surface area (Å²) in [5.41, 5.74) is 4.29. The van der Waals surface area contributed by atoms with Crippen LogP contribution < -0.4 is 5.32 Å². The van der Waals surface area contributed by atoms with Gasteiger partial charge in [-0.1, -0.05) is 198 Å². The Bertz CT molecular complexity index is 1200. The predicted octanol–water partition coefficient (Wildman–Crippen LogP) is 10.6. The third-order valence-electron chi connectivity index (χ3n) is 9.43. The second-order valence-corrected chi connectivity index (χ2v) is 13.1. The fourth-order valence-electron chi connectivity index (χ4n) is 6.79. The number of hydrogen-bond acceptors (Lipinski definition) is 3. The van der Waals surface area contributed by atoms with E-state index in [1.165, 1.54) is 95.5 Å². The van der Waals surface area contributed by atoms with Crippen molar-refractivity contribution in [3.05, 3.63) is 144 Å². The lowest BCUT2D eigenvalue weighted by Crippen LogP contribution is -2.52. The number of unbranched alkanes of at least 4 members (excludes halogenated alkanes) is 13. The van der Waals surface area contributed by atoms with Crippen LogP contribution in [0.3, 0.4) is 0 Å². The third-order valence-corrected chi connectivity index (χ3v) is 9.43. The van der Waals surface area contributed by atoms with Crippen LogP contribution in [0, 0.1) is 0 Å². The summed E-state index contributed by atoms with van der Waals surface area (Å²) >= 11 is 0. The van der Waals surface area contributed by atoms with E-state index in [1.807, 2.05) is 0 Å². The van der Waals surface area contributed by atoms with E-state index in [2.05, 4.69) is 127 Å². The van der Waals surface area contributed by atoms with E-state index in [4.69, 9.17) is 4.74 Å². The second-order valence-electron chi connectivity index (χ2n) is 13.1. The summed E-state index contributed by atoms with van der Waals surface area (Å²) in [4.78, 5) is 0. The van der Waals surface area contributed by atoms with Crippen LogP contribution >= 0.6 is 0 Å². The van der Waals surface area contributed by atoms with Crippen LogP contribution in [-0.4, -0.2) is 31.0 Å². The SMILES string of the molecule is OC[C@@H](COCCCCCCCCCCCCCCCCc1ccccc1)NC(c1ccccc1)(c1ccccc1)c1ccccc1. The van der Waals surface area contributed by atoms with Crippen molar-refractivity contribution >= 4 is 0 Å². The zero-order valence-corrected chi connectivity index (χ0v) is 28.7. The summed E-state index contributed by atoms with van der Waals surface area (Å²) in [6, 6.07) is 42.3. The first kappa shape index (κ1) is 36.6. The molecule has 4 rings (SSSR count). The summed E-state index contributed by atoms with van der Waals surface area (Å²) in [5, 5.41) is 14.3. The van der Waals surface area contributed by atoms with Gasteiger partial charge in [0.15, 0.2) is 0 Å². The number of aliphatic hydroxyl groups excluding tert-OH is 1. The molecule has 1 atom stereocenters. The van der Waals surface area contributed by atoms with Crippen LogP contribution in [0.2, 0.25) is 0 Å². The minimum Gasteiger partial charge on any atom is -0.395 e. The van der Waals surface area contributed by atoms with E-state index in [0.717, 1.165) is 29.7 Å². The van der Waals surface area contributed by atoms with Gasteiger partial charge in [0.25, 0.3) is 0 Å². The number of ether oxygens (including phenoxy) is 1. The Hall–Kier alpha value is -3.24. The lowest BCUT2D eigenvalue weighted by molar-refractivity contribution is 0.0784. The molecule has 4 aromatic carbocycles. The molecule has 0 saturated heterocycles. The standard InChI is InChI=1S/C44H59NO2/c46-37-43(45-44(40-30-20-14-21-31-40,41-32-22-15-23-33-41)42-34-24-16-25-35-42)38-47-36-26-12-10-8-6-4-2-1-3-5-7-9-11-17-27-39-28-18-13-19-29-39/h13-16,18-25,28-35,43,45-46H,1-12,17,26-27,36-38H2/t43-/m0/s1. The molecule has 47 heavy (non-hydrogen) atoms. The van der Waals surface area contributed by atoms with Gasteiger partial charge in [0.2, 0.25) is 0 Å². The molecule has 4 aromatic rings. The van der Waals surface area contributed by atoms with Crippen molar-refractivity contribution in [1.82, 2.24) is 5.32 Å². The van der Waals surface area contributed by atoms with Crippen LogP contribution in [0.15, 0.2) is 121 Å². The third kappa shape index (κ3) is 12.7. The smallest absolute Gasteiger partial charge is 0.0951 e. The molecule has 0 aliphatic carbocycles. The highest BCUT2D eigenvalue weighted by Crippen LogP contribution is 2.37. The van der Waals surface area contributed by atoms with Gasteiger partial charge in [-0.3, -0.25) is 5.32 Å². The van der Waals surface area contributed by atoms with Crippen LogP contribution in [0.5, 0.6) is 0 Å². The minimum absolute atomic E-state index is 0.00298. The van der Waals surface area contributed by atoms with E-state index in [9.17, 15) is 5.11 Å². The first-order chi connectivity index (χ1) is 23.3. The van der Waals surface area contributed by atoms with Gasteiger partial charge in [0, 0.05) is 6.61 Å². The highest BCUT2D eigenvalue weighted by atomic mass is 16.5. The zero-order valence-electron chi connectivity index (χ0n) is 28.7. The van der Waals surface area contributed by atoms with Gasteiger partial charge < -0.3 is 9.84 Å². The Morgan fingerprint density at radius 3 is 1.23 bits per heavy atom. The Morgan fingerprint density at radius 2 is 0.830 bits per heavy atom. The van der Waals surface area contributed by atoms with Gasteiger partial charge in [-0.05, 0) is 41.5 Å².